The van der Waals surface area contributed by atoms with Gasteiger partial charge in [0.1, 0.15) is 0 Å². The largest absolute Gasteiger partial charge is 0.369 e. The standard InChI is InChI=1S/C20H23FN4O2/c21-18-13-16(5-9-23-18)20(27)24-17-3-1-14(2-4-17)6-10-25-11-7-15(8-12-25)19(22)26/h1-5,9,13,15H,6-8,10-12H2,(H2,22,26)(H,24,27). The summed E-state index contributed by atoms with van der Waals surface area (Å²) < 4.78 is 13.1. The molecule has 1 saturated heterocycles. The van der Waals surface area contributed by atoms with Crippen LogP contribution in [0.1, 0.15) is 28.8 Å². The highest BCUT2D eigenvalue weighted by Crippen LogP contribution is 2.17. The van der Waals surface area contributed by atoms with Crippen LogP contribution in [0, 0.1) is 11.9 Å². The number of halogens is 1. The summed E-state index contributed by atoms with van der Waals surface area (Å²) in [6.07, 6.45) is 3.82. The molecular formula is C20H23FN4O2. The smallest absolute Gasteiger partial charge is 0.255 e. The second-order valence-corrected chi connectivity index (χ2v) is 6.79. The molecule has 1 aliphatic heterocycles. The van der Waals surface area contributed by atoms with Crippen molar-refractivity contribution in [2.24, 2.45) is 11.7 Å². The number of benzene rings is 1. The van der Waals surface area contributed by atoms with E-state index in [4.69, 9.17) is 5.73 Å². The van der Waals surface area contributed by atoms with Crippen LogP contribution in [0.4, 0.5) is 10.1 Å². The van der Waals surface area contributed by atoms with Gasteiger partial charge in [-0.25, -0.2) is 4.98 Å². The van der Waals surface area contributed by atoms with E-state index >= 15 is 0 Å². The van der Waals surface area contributed by atoms with Crippen LogP contribution in [-0.2, 0) is 11.2 Å². The Morgan fingerprint density at radius 3 is 2.52 bits per heavy atom. The number of anilines is 1. The second kappa shape index (κ2) is 8.73. The first-order valence-electron chi connectivity index (χ1n) is 9.05. The van der Waals surface area contributed by atoms with Gasteiger partial charge in [-0.05, 0) is 56.1 Å². The number of hydrogen-bond donors (Lipinski definition) is 2. The fourth-order valence-corrected chi connectivity index (χ4v) is 3.23. The summed E-state index contributed by atoms with van der Waals surface area (Å²) >= 11 is 0. The SMILES string of the molecule is NC(=O)C1CCN(CCc2ccc(NC(=O)c3ccnc(F)c3)cc2)CC1. The number of rotatable bonds is 6. The Hall–Kier alpha value is -2.80. The van der Waals surface area contributed by atoms with Crippen molar-refractivity contribution in [1.82, 2.24) is 9.88 Å². The highest BCUT2D eigenvalue weighted by molar-refractivity contribution is 6.04. The molecule has 1 aromatic carbocycles. The molecule has 27 heavy (non-hydrogen) atoms. The minimum atomic E-state index is -0.683. The second-order valence-electron chi connectivity index (χ2n) is 6.79. The summed E-state index contributed by atoms with van der Waals surface area (Å²) in [6, 6.07) is 10.2. The molecule has 0 bridgehead atoms. The van der Waals surface area contributed by atoms with Gasteiger partial charge in [0.05, 0.1) is 0 Å². The third-order valence-corrected chi connectivity index (χ3v) is 4.91. The van der Waals surface area contributed by atoms with Crippen molar-refractivity contribution in [3.05, 3.63) is 59.7 Å². The lowest BCUT2D eigenvalue weighted by Gasteiger charge is -2.30. The Morgan fingerprint density at radius 2 is 1.89 bits per heavy atom. The summed E-state index contributed by atoms with van der Waals surface area (Å²) in [5.41, 5.74) is 7.41. The first-order chi connectivity index (χ1) is 13.0. The van der Waals surface area contributed by atoms with Gasteiger partial charge in [-0.2, -0.15) is 4.39 Å². The normalized spacial score (nSPS) is 15.4. The molecule has 3 N–H and O–H groups in total. The third kappa shape index (κ3) is 5.34. The number of aromatic nitrogens is 1. The van der Waals surface area contributed by atoms with Crippen molar-refractivity contribution in [2.45, 2.75) is 19.3 Å². The maximum atomic E-state index is 13.1. The fraction of sp³-hybridized carbons (Fsp3) is 0.350. The molecule has 1 aromatic heterocycles. The third-order valence-electron chi connectivity index (χ3n) is 4.91. The van der Waals surface area contributed by atoms with Crippen LogP contribution in [0.5, 0.6) is 0 Å². The van der Waals surface area contributed by atoms with Gasteiger partial charge in [0.2, 0.25) is 11.9 Å². The molecule has 2 aromatic rings. The summed E-state index contributed by atoms with van der Waals surface area (Å²) in [6.45, 7) is 2.71. The topological polar surface area (TPSA) is 88.3 Å². The summed E-state index contributed by atoms with van der Waals surface area (Å²) in [7, 11) is 0. The predicted octanol–water partition coefficient (Wildman–Crippen LogP) is 2.21. The van der Waals surface area contributed by atoms with E-state index in [0.717, 1.165) is 45.0 Å². The fourth-order valence-electron chi connectivity index (χ4n) is 3.23. The quantitative estimate of drug-likeness (QED) is 0.763. The van der Waals surface area contributed by atoms with Crippen LogP contribution < -0.4 is 11.1 Å². The molecule has 0 saturated carbocycles. The van der Waals surface area contributed by atoms with Crippen LogP contribution in [0.3, 0.4) is 0 Å². The van der Waals surface area contributed by atoms with Gasteiger partial charge in [-0.3, -0.25) is 9.59 Å². The van der Waals surface area contributed by atoms with Gasteiger partial charge in [-0.15, -0.1) is 0 Å². The zero-order chi connectivity index (χ0) is 19.2. The van der Waals surface area contributed by atoms with Crippen molar-refractivity contribution >= 4 is 17.5 Å². The molecule has 142 valence electrons. The Morgan fingerprint density at radius 1 is 1.19 bits per heavy atom. The highest BCUT2D eigenvalue weighted by atomic mass is 19.1. The zero-order valence-electron chi connectivity index (χ0n) is 15.0. The molecule has 0 radical (unpaired) electrons. The van der Waals surface area contributed by atoms with Crippen molar-refractivity contribution < 1.29 is 14.0 Å². The van der Waals surface area contributed by atoms with Gasteiger partial charge in [0.15, 0.2) is 0 Å². The van der Waals surface area contributed by atoms with E-state index in [0.29, 0.717) is 5.69 Å². The maximum Gasteiger partial charge on any atom is 0.255 e. The molecule has 1 fully saturated rings. The molecule has 0 atom stereocenters. The molecule has 2 amide bonds. The molecule has 0 spiro atoms. The number of nitrogens with one attached hydrogen (secondary N) is 1. The molecule has 3 rings (SSSR count). The van der Waals surface area contributed by atoms with E-state index in [-0.39, 0.29) is 23.3 Å². The Balaban J connectivity index is 1.48. The number of piperidine rings is 1. The number of carbonyl (C=O) groups is 2. The van der Waals surface area contributed by atoms with Crippen LogP contribution in [0.25, 0.3) is 0 Å². The van der Waals surface area contributed by atoms with Crippen LogP contribution in [0.2, 0.25) is 0 Å². The lowest BCUT2D eigenvalue weighted by Crippen LogP contribution is -2.39. The number of hydrogen-bond acceptors (Lipinski definition) is 4. The number of nitrogens with two attached hydrogens (primary N) is 1. The highest BCUT2D eigenvalue weighted by Gasteiger charge is 2.22. The molecule has 7 heteroatoms. The molecule has 0 unspecified atom stereocenters. The lowest BCUT2D eigenvalue weighted by atomic mass is 9.96. The number of likely N-dealkylation sites (tertiary alicyclic amines) is 1. The summed E-state index contributed by atoms with van der Waals surface area (Å²) in [4.78, 5) is 29.1. The first-order valence-corrected chi connectivity index (χ1v) is 9.05. The Kier molecular flexibility index (Phi) is 6.13. The van der Waals surface area contributed by atoms with Crippen molar-refractivity contribution in [1.29, 1.82) is 0 Å². The number of amides is 2. The van der Waals surface area contributed by atoms with E-state index < -0.39 is 5.95 Å². The van der Waals surface area contributed by atoms with Gasteiger partial charge in [0.25, 0.3) is 5.91 Å². The molecular weight excluding hydrogens is 347 g/mol. The number of nitrogens with zero attached hydrogens (tertiary/aromatic N) is 2. The summed E-state index contributed by atoms with van der Waals surface area (Å²) in [5.74, 6) is -1.24. The van der Waals surface area contributed by atoms with E-state index in [2.05, 4.69) is 15.2 Å². The summed E-state index contributed by atoms with van der Waals surface area (Å²) in [5, 5.41) is 2.75. The zero-order valence-corrected chi connectivity index (χ0v) is 15.0. The van der Waals surface area contributed by atoms with Crippen LogP contribution in [-0.4, -0.2) is 41.3 Å². The molecule has 6 nitrogen and oxygen atoms in total. The van der Waals surface area contributed by atoms with Gasteiger partial charge in [-0.1, -0.05) is 12.1 Å². The lowest BCUT2D eigenvalue weighted by molar-refractivity contribution is -0.123. The predicted molar refractivity (Wildman–Crippen MR) is 101 cm³/mol. The average Bonchev–Trinajstić information content (AvgIpc) is 2.68. The molecule has 0 aliphatic carbocycles. The van der Waals surface area contributed by atoms with Crippen molar-refractivity contribution in [2.75, 3.05) is 25.0 Å². The van der Waals surface area contributed by atoms with E-state index in [9.17, 15) is 14.0 Å². The van der Waals surface area contributed by atoms with Gasteiger partial charge < -0.3 is 16.0 Å². The van der Waals surface area contributed by atoms with Crippen LogP contribution in [0.15, 0.2) is 42.6 Å². The number of pyridine rings is 1. The van der Waals surface area contributed by atoms with Crippen LogP contribution >= 0.6 is 0 Å². The Bertz CT molecular complexity index is 802. The Labute approximate surface area is 157 Å². The maximum absolute atomic E-state index is 13.1. The number of carbonyl (C=O) groups excluding carboxylic acids is 2. The van der Waals surface area contributed by atoms with Gasteiger partial charge >= 0.3 is 0 Å². The number of primary amides is 1. The van der Waals surface area contributed by atoms with E-state index in [1.807, 2.05) is 24.3 Å². The first kappa shape index (κ1) is 19.0. The molecule has 2 heterocycles. The van der Waals surface area contributed by atoms with Gasteiger partial charge in [0, 0.05) is 36.0 Å². The van der Waals surface area contributed by atoms with E-state index in [1.165, 1.54) is 17.8 Å². The molecule has 1 aliphatic rings. The van der Waals surface area contributed by atoms with Crippen molar-refractivity contribution in [3.63, 3.8) is 0 Å². The minimum Gasteiger partial charge on any atom is -0.369 e. The van der Waals surface area contributed by atoms with E-state index in [1.54, 1.807) is 0 Å². The average molecular weight is 370 g/mol. The monoisotopic (exact) mass is 370 g/mol. The van der Waals surface area contributed by atoms with Crippen molar-refractivity contribution in [3.8, 4) is 0 Å². The minimum absolute atomic E-state index is 0.0121.